The van der Waals surface area contributed by atoms with E-state index in [9.17, 15) is 9.50 Å². The van der Waals surface area contributed by atoms with Crippen LogP contribution in [0.15, 0.2) is 60.7 Å². The predicted molar refractivity (Wildman–Crippen MR) is 86.9 cm³/mol. The molecule has 4 nitrogen and oxygen atoms in total. The summed E-state index contributed by atoms with van der Waals surface area (Å²) in [6.07, 6.45) is -4.55. The Balaban J connectivity index is 1.46. The second-order valence-electron chi connectivity index (χ2n) is 5.77. The van der Waals surface area contributed by atoms with Gasteiger partial charge in [0.25, 0.3) is 0 Å². The van der Waals surface area contributed by atoms with Crippen LogP contribution in [0.25, 0.3) is 0 Å². The van der Waals surface area contributed by atoms with Crippen molar-refractivity contribution in [3.05, 3.63) is 71.8 Å². The lowest BCUT2D eigenvalue weighted by Gasteiger charge is -2.16. The second kappa shape index (κ2) is 8.35. The van der Waals surface area contributed by atoms with Crippen LogP contribution in [-0.4, -0.2) is 36.4 Å². The Bertz CT molecular complexity index is 607. The van der Waals surface area contributed by atoms with Crippen LogP contribution in [0.5, 0.6) is 0 Å². The van der Waals surface area contributed by atoms with E-state index < -0.39 is 24.7 Å². The Kier molecular flexibility index (Phi) is 5.93. The van der Waals surface area contributed by atoms with Gasteiger partial charge >= 0.3 is 0 Å². The molecule has 2 aromatic rings. The molecule has 3 rings (SSSR count). The van der Waals surface area contributed by atoms with E-state index in [2.05, 4.69) is 0 Å². The van der Waals surface area contributed by atoms with Gasteiger partial charge in [-0.05, 0) is 11.1 Å². The van der Waals surface area contributed by atoms with Crippen molar-refractivity contribution < 1.29 is 23.7 Å². The van der Waals surface area contributed by atoms with E-state index in [4.69, 9.17) is 14.2 Å². The van der Waals surface area contributed by atoms with E-state index in [1.54, 1.807) is 0 Å². The molecule has 0 aliphatic carbocycles. The van der Waals surface area contributed by atoms with Gasteiger partial charge in [-0.15, -0.1) is 0 Å². The molecule has 1 heterocycles. The number of aliphatic hydroxyl groups is 1. The van der Waals surface area contributed by atoms with Crippen molar-refractivity contribution in [3.63, 3.8) is 0 Å². The van der Waals surface area contributed by atoms with E-state index in [1.807, 2.05) is 60.7 Å². The quantitative estimate of drug-likeness (QED) is 0.847. The highest BCUT2D eigenvalue weighted by Gasteiger charge is 2.45. The summed E-state index contributed by atoms with van der Waals surface area (Å²) in [6, 6.07) is 19.1. The Morgan fingerprint density at radius 1 is 0.917 bits per heavy atom. The van der Waals surface area contributed by atoms with Crippen molar-refractivity contribution in [2.75, 3.05) is 6.61 Å². The number of aliphatic hydroxyl groups excluding tert-OH is 1. The first-order valence-corrected chi connectivity index (χ1v) is 7.99. The summed E-state index contributed by atoms with van der Waals surface area (Å²) in [6.45, 7) is 0.668. The second-order valence-corrected chi connectivity index (χ2v) is 5.77. The number of rotatable bonds is 7. The molecule has 1 aliphatic rings. The molecule has 0 spiro atoms. The minimum Gasteiger partial charge on any atom is -0.374 e. The van der Waals surface area contributed by atoms with Crippen molar-refractivity contribution >= 4 is 0 Å². The van der Waals surface area contributed by atoms with Gasteiger partial charge in [0.05, 0.1) is 19.8 Å². The topological polar surface area (TPSA) is 47.9 Å². The highest BCUT2D eigenvalue weighted by molar-refractivity contribution is 5.14. The number of hydrogen-bond donors (Lipinski definition) is 1. The molecule has 0 bridgehead atoms. The molecule has 2 aromatic carbocycles. The van der Waals surface area contributed by atoms with Gasteiger partial charge in [0.1, 0.15) is 12.2 Å². The fraction of sp³-hybridized carbons (Fsp3) is 0.368. The molecule has 1 saturated heterocycles. The van der Waals surface area contributed by atoms with Crippen LogP contribution in [0, 0.1) is 0 Å². The fourth-order valence-corrected chi connectivity index (χ4v) is 2.64. The number of benzene rings is 2. The lowest BCUT2D eigenvalue weighted by molar-refractivity contribution is -0.152. The maximum absolute atomic E-state index is 14.4. The standard InChI is InChI=1S/C19H21FO4/c20-17-16(13-22-11-14-7-3-1-4-8-14)24-19(21)18(17)23-12-15-9-5-2-6-10-15/h1-10,16-19,21H,11-13H2/t16-,17?,18+,19-/m1/s1. The van der Waals surface area contributed by atoms with Gasteiger partial charge in [-0.3, -0.25) is 0 Å². The van der Waals surface area contributed by atoms with Crippen LogP contribution in [-0.2, 0) is 27.4 Å². The molecule has 5 heteroatoms. The highest BCUT2D eigenvalue weighted by Crippen LogP contribution is 2.26. The first kappa shape index (κ1) is 17.0. The third-order valence-corrected chi connectivity index (χ3v) is 3.94. The van der Waals surface area contributed by atoms with Crippen LogP contribution in [0.1, 0.15) is 11.1 Å². The zero-order chi connectivity index (χ0) is 16.8. The summed E-state index contributed by atoms with van der Waals surface area (Å²) in [5, 5.41) is 9.88. The molecule has 128 valence electrons. The van der Waals surface area contributed by atoms with Gasteiger partial charge in [0.15, 0.2) is 12.5 Å². The summed E-state index contributed by atoms with van der Waals surface area (Å²) in [5.41, 5.74) is 1.92. The van der Waals surface area contributed by atoms with Crippen LogP contribution >= 0.6 is 0 Å². The Labute approximate surface area is 140 Å². The molecule has 0 amide bonds. The fourth-order valence-electron chi connectivity index (χ4n) is 2.64. The highest BCUT2D eigenvalue weighted by atomic mass is 19.1. The van der Waals surface area contributed by atoms with Crippen molar-refractivity contribution in [2.24, 2.45) is 0 Å². The number of alkyl halides is 1. The van der Waals surface area contributed by atoms with Crippen molar-refractivity contribution in [1.29, 1.82) is 0 Å². The Hall–Kier alpha value is -1.79. The first-order valence-electron chi connectivity index (χ1n) is 7.99. The molecule has 0 radical (unpaired) electrons. The summed E-state index contributed by atoms with van der Waals surface area (Å²) in [4.78, 5) is 0. The van der Waals surface area contributed by atoms with E-state index in [0.717, 1.165) is 11.1 Å². The smallest absolute Gasteiger partial charge is 0.184 e. The van der Waals surface area contributed by atoms with Crippen molar-refractivity contribution in [2.45, 2.75) is 37.9 Å². The minimum atomic E-state index is -1.43. The van der Waals surface area contributed by atoms with Crippen LogP contribution < -0.4 is 0 Å². The lowest BCUT2D eigenvalue weighted by atomic mass is 10.1. The molecule has 0 aromatic heterocycles. The number of ether oxygens (including phenoxy) is 3. The normalized spacial score (nSPS) is 26.6. The van der Waals surface area contributed by atoms with Crippen LogP contribution in [0.4, 0.5) is 4.39 Å². The van der Waals surface area contributed by atoms with E-state index in [-0.39, 0.29) is 13.2 Å². The number of halogens is 1. The van der Waals surface area contributed by atoms with Gasteiger partial charge < -0.3 is 19.3 Å². The van der Waals surface area contributed by atoms with Gasteiger partial charge in [-0.25, -0.2) is 4.39 Å². The molecule has 1 N–H and O–H groups in total. The molecular formula is C19H21FO4. The first-order chi connectivity index (χ1) is 11.7. The van der Waals surface area contributed by atoms with E-state index in [1.165, 1.54) is 0 Å². The monoisotopic (exact) mass is 332 g/mol. The summed E-state index contributed by atoms with van der Waals surface area (Å²) < 4.78 is 30.7. The molecular weight excluding hydrogens is 311 g/mol. The molecule has 1 fully saturated rings. The van der Waals surface area contributed by atoms with Crippen LogP contribution in [0.2, 0.25) is 0 Å². The summed E-state index contributed by atoms with van der Waals surface area (Å²) in [7, 11) is 0. The molecule has 1 aliphatic heterocycles. The maximum atomic E-state index is 14.4. The van der Waals surface area contributed by atoms with Gasteiger partial charge in [-0.2, -0.15) is 0 Å². The van der Waals surface area contributed by atoms with Crippen molar-refractivity contribution in [1.82, 2.24) is 0 Å². The van der Waals surface area contributed by atoms with E-state index in [0.29, 0.717) is 6.61 Å². The summed E-state index contributed by atoms with van der Waals surface area (Å²) >= 11 is 0. The summed E-state index contributed by atoms with van der Waals surface area (Å²) in [5.74, 6) is 0. The molecule has 1 unspecified atom stereocenters. The SMILES string of the molecule is O[C@@H]1O[C@H](COCc2ccccc2)C(F)[C@@H]1OCc1ccccc1. The average molecular weight is 332 g/mol. The average Bonchev–Trinajstić information content (AvgIpc) is 2.89. The lowest BCUT2D eigenvalue weighted by Crippen LogP contribution is -2.33. The number of hydrogen-bond acceptors (Lipinski definition) is 4. The largest absolute Gasteiger partial charge is 0.374 e. The zero-order valence-corrected chi connectivity index (χ0v) is 13.3. The third-order valence-electron chi connectivity index (χ3n) is 3.94. The molecule has 0 saturated carbocycles. The van der Waals surface area contributed by atoms with Gasteiger partial charge in [-0.1, -0.05) is 60.7 Å². The predicted octanol–water partition coefficient (Wildman–Crippen LogP) is 2.84. The van der Waals surface area contributed by atoms with E-state index >= 15 is 0 Å². The minimum absolute atomic E-state index is 0.0678. The zero-order valence-electron chi connectivity index (χ0n) is 13.3. The van der Waals surface area contributed by atoms with Crippen molar-refractivity contribution in [3.8, 4) is 0 Å². The van der Waals surface area contributed by atoms with Crippen LogP contribution in [0.3, 0.4) is 0 Å². The molecule has 4 atom stereocenters. The van der Waals surface area contributed by atoms with Gasteiger partial charge in [0.2, 0.25) is 0 Å². The maximum Gasteiger partial charge on any atom is 0.184 e. The van der Waals surface area contributed by atoms with Gasteiger partial charge in [0, 0.05) is 0 Å². The molecule has 24 heavy (non-hydrogen) atoms. The Morgan fingerprint density at radius 2 is 1.50 bits per heavy atom. The Morgan fingerprint density at radius 3 is 2.12 bits per heavy atom. The third kappa shape index (κ3) is 4.39.